The molecule has 4 heteroatoms. The van der Waals surface area contributed by atoms with Gasteiger partial charge in [0.2, 0.25) is 0 Å². The fraction of sp³-hybridized carbons (Fsp3) is 0.778. The van der Waals surface area contributed by atoms with Crippen LogP contribution in [0, 0.1) is 0 Å². The van der Waals surface area contributed by atoms with E-state index in [4.69, 9.17) is 5.21 Å². The Hall–Kier alpha value is -0.900. The van der Waals surface area contributed by atoms with E-state index >= 15 is 0 Å². The highest BCUT2D eigenvalue weighted by Crippen LogP contribution is 2.20. The van der Waals surface area contributed by atoms with Gasteiger partial charge in [-0.3, -0.25) is 10.3 Å². The average Bonchev–Trinajstić information content (AvgIpc) is 1.79. The maximum Gasteiger partial charge on any atom is 0.120 e. The lowest BCUT2D eigenvalue weighted by Gasteiger charge is -2.39. The first-order valence-electron chi connectivity index (χ1n) is 4.37. The van der Waals surface area contributed by atoms with Gasteiger partial charge in [-0.05, 0) is 34.6 Å². The number of aliphatic imine (C=N–C) groups is 1. The van der Waals surface area contributed by atoms with Crippen molar-refractivity contribution in [3.63, 3.8) is 0 Å². The molecule has 0 atom stereocenters. The molecule has 1 aliphatic heterocycles. The van der Waals surface area contributed by atoms with Gasteiger partial charge in [0.25, 0.3) is 0 Å². The molecule has 2 N–H and O–H groups in total. The van der Waals surface area contributed by atoms with Crippen LogP contribution in [-0.4, -0.2) is 27.8 Å². The first-order valence-corrected chi connectivity index (χ1v) is 4.37. The van der Waals surface area contributed by atoms with E-state index in [1.165, 1.54) is 0 Å². The smallest absolute Gasteiger partial charge is 0.120 e. The molecule has 0 amide bonds. The molecule has 4 nitrogen and oxygen atoms in total. The van der Waals surface area contributed by atoms with Crippen molar-refractivity contribution in [3.05, 3.63) is 0 Å². The lowest BCUT2D eigenvalue weighted by atomic mass is 9.90. The quantitative estimate of drug-likeness (QED) is 0.440. The summed E-state index contributed by atoms with van der Waals surface area (Å²) in [5.74, 6) is 0. The molecule has 0 radical (unpaired) electrons. The minimum atomic E-state index is -0.329. The zero-order chi connectivity index (χ0) is 10.3. The Balaban J connectivity index is 3.17. The molecule has 0 aromatic heterocycles. The minimum absolute atomic E-state index is 0.290. The van der Waals surface area contributed by atoms with E-state index in [1.807, 2.05) is 34.6 Å². The lowest BCUT2D eigenvalue weighted by Crippen LogP contribution is -2.61. The average molecular weight is 183 g/mol. The summed E-state index contributed by atoms with van der Waals surface area (Å²) < 4.78 is 0. The number of nitrogens with one attached hydrogen (secondary N) is 1. The largest absolute Gasteiger partial charge is 0.411 e. The molecule has 0 fully saturated rings. The second kappa shape index (κ2) is 2.80. The maximum atomic E-state index is 8.83. The third-order valence-corrected chi connectivity index (χ3v) is 2.10. The van der Waals surface area contributed by atoms with Gasteiger partial charge < -0.3 is 5.21 Å². The molecule has 1 heterocycles. The van der Waals surface area contributed by atoms with Crippen molar-refractivity contribution in [1.82, 2.24) is 5.32 Å². The maximum absolute atomic E-state index is 8.83. The Bertz CT molecular complexity index is 277. The summed E-state index contributed by atoms with van der Waals surface area (Å²) in [5.41, 5.74) is 0.773. The summed E-state index contributed by atoms with van der Waals surface area (Å²) in [6.07, 6.45) is 0. The Kier molecular flexibility index (Phi) is 2.20. The summed E-state index contributed by atoms with van der Waals surface area (Å²) in [4.78, 5) is 4.38. The van der Waals surface area contributed by atoms with E-state index in [0.29, 0.717) is 5.71 Å². The summed E-state index contributed by atoms with van der Waals surface area (Å²) in [5, 5.41) is 15.4. The van der Waals surface area contributed by atoms with Crippen LogP contribution in [0.4, 0.5) is 0 Å². The summed E-state index contributed by atoms with van der Waals surface area (Å²) in [6.45, 7) is 9.79. The molecule has 0 aromatic rings. The Morgan fingerprint density at radius 1 is 1.31 bits per heavy atom. The van der Waals surface area contributed by atoms with E-state index in [2.05, 4.69) is 15.5 Å². The predicted octanol–water partition coefficient (Wildman–Crippen LogP) is 1.40. The van der Waals surface area contributed by atoms with Gasteiger partial charge in [-0.25, -0.2) is 0 Å². The first kappa shape index (κ1) is 10.2. The van der Waals surface area contributed by atoms with Gasteiger partial charge in [-0.2, -0.15) is 0 Å². The zero-order valence-corrected chi connectivity index (χ0v) is 8.84. The van der Waals surface area contributed by atoms with Crippen molar-refractivity contribution in [2.75, 3.05) is 0 Å². The molecule has 0 bridgehead atoms. The molecule has 0 spiro atoms. The monoisotopic (exact) mass is 183 g/mol. The van der Waals surface area contributed by atoms with Crippen LogP contribution >= 0.6 is 0 Å². The van der Waals surface area contributed by atoms with Crippen LogP contribution < -0.4 is 5.32 Å². The molecule has 0 aliphatic carbocycles. The highest BCUT2D eigenvalue weighted by molar-refractivity contribution is 6.44. The van der Waals surface area contributed by atoms with Crippen LogP contribution in [0.25, 0.3) is 0 Å². The van der Waals surface area contributed by atoms with Crippen LogP contribution in [0.3, 0.4) is 0 Å². The second-order valence-corrected chi connectivity index (χ2v) is 4.45. The summed E-state index contributed by atoms with van der Waals surface area (Å²) in [6, 6.07) is 0. The van der Waals surface area contributed by atoms with Gasteiger partial charge in [0, 0.05) is 0 Å². The van der Waals surface area contributed by atoms with Crippen molar-refractivity contribution in [1.29, 1.82) is 0 Å². The molecule has 74 valence electrons. The van der Waals surface area contributed by atoms with Gasteiger partial charge in [0.05, 0.1) is 11.3 Å². The fourth-order valence-electron chi connectivity index (χ4n) is 1.97. The number of oxime groups is 1. The zero-order valence-electron chi connectivity index (χ0n) is 8.84. The van der Waals surface area contributed by atoms with Gasteiger partial charge in [0.1, 0.15) is 11.4 Å². The Morgan fingerprint density at radius 3 is 2.23 bits per heavy atom. The van der Waals surface area contributed by atoms with E-state index in [1.54, 1.807) is 0 Å². The molecular weight excluding hydrogens is 166 g/mol. The van der Waals surface area contributed by atoms with Crippen LogP contribution in [0.5, 0.6) is 0 Å². The highest BCUT2D eigenvalue weighted by atomic mass is 16.4. The van der Waals surface area contributed by atoms with Crippen LogP contribution in [-0.2, 0) is 0 Å². The molecule has 1 aliphatic rings. The normalized spacial score (nSPS) is 28.7. The van der Waals surface area contributed by atoms with Gasteiger partial charge >= 0.3 is 0 Å². The highest BCUT2D eigenvalue weighted by Gasteiger charge is 2.37. The molecule has 0 unspecified atom stereocenters. The Morgan fingerprint density at radius 2 is 1.85 bits per heavy atom. The SMILES string of the molecule is CC1=NC(C)(C)NC(C)(C)/C1=N/O. The van der Waals surface area contributed by atoms with E-state index < -0.39 is 0 Å². The fourth-order valence-corrected chi connectivity index (χ4v) is 1.97. The number of nitrogens with zero attached hydrogens (tertiary/aromatic N) is 2. The molecule has 1 rings (SSSR count). The third-order valence-electron chi connectivity index (χ3n) is 2.10. The van der Waals surface area contributed by atoms with Crippen LogP contribution in [0.2, 0.25) is 0 Å². The molecule has 0 saturated heterocycles. The summed E-state index contributed by atoms with van der Waals surface area (Å²) in [7, 11) is 0. The second-order valence-electron chi connectivity index (χ2n) is 4.45. The van der Waals surface area contributed by atoms with Crippen molar-refractivity contribution in [2.24, 2.45) is 10.1 Å². The standard InChI is InChI=1S/C9H17N3O/c1-6-7(11-13)8(2,3)12-9(4,5)10-6/h12-13H,1-5H3/b11-7+. The predicted molar refractivity (Wildman–Crippen MR) is 53.6 cm³/mol. The van der Waals surface area contributed by atoms with Gasteiger partial charge in [0.15, 0.2) is 0 Å². The van der Waals surface area contributed by atoms with E-state index in [-0.39, 0.29) is 11.2 Å². The molecule has 0 aromatic carbocycles. The molecular formula is C9H17N3O. The van der Waals surface area contributed by atoms with E-state index in [0.717, 1.165) is 5.71 Å². The van der Waals surface area contributed by atoms with Crippen molar-refractivity contribution in [2.45, 2.75) is 45.8 Å². The topological polar surface area (TPSA) is 57.0 Å². The van der Waals surface area contributed by atoms with Gasteiger partial charge in [-0.1, -0.05) is 5.16 Å². The third kappa shape index (κ3) is 1.88. The van der Waals surface area contributed by atoms with Crippen molar-refractivity contribution >= 4 is 11.4 Å². The number of hydrogen-bond acceptors (Lipinski definition) is 4. The lowest BCUT2D eigenvalue weighted by molar-refractivity contribution is 0.291. The van der Waals surface area contributed by atoms with Crippen molar-refractivity contribution < 1.29 is 5.21 Å². The summed E-state index contributed by atoms with van der Waals surface area (Å²) >= 11 is 0. The van der Waals surface area contributed by atoms with Crippen LogP contribution in [0.1, 0.15) is 34.6 Å². The number of rotatable bonds is 0. The van der Waals surface area contributed by atoms with Crippen molar-refractivity contribution in [3.8, 4) is 0 Å². The number of hydrogen-bond donors (Lipinski definition) is 2. The first-order chi connectivity index (χ1) is 5.78. The Labute approximate surface area is 78.7 Å². The van der Waals surface area contributed by atoms with Gasteiger partial charge in [-0.15, -0.1) is 0 Å². The van der Waals surface area contributed by atoms with Crippen LogP contribution in [0.15, 0.2) is 10.1 Å². The molecule has 0 saturated carbocycles. The molecule has 13 heavy (non-hydrogen) atoms. The van der Waals surface area contributed by atoms with E-state index in [9.17, 15) is 0 Å². The minimum Gasteiger partial charge on any atom is -0.411 e.